The van der Waals surface area contributed by atoms with Crippen LogP contribution in [0.15, 0.2) is 24.3 Å². The Morgan fingerprint density at radius 2 is 1.88 bits per heavy atom. The minimum absolute atomic E-state index is 0.117. The van der Waals surface area contributed by atoms with Crippen LogP contribution in [0.4, 0.5) is 0 Å². The van der Waals surface area contributed by atoms with Crippen LogP contribution in [0.3, 0.4) is 0 Å². The van der Waals surface area contributed by atoms with Crippen molar-refractivity contribution < 1.29 is 9.53 Å². The van der Waals surface area contributed by atoms with Crippen LogP contribution in [-0.2, 0) is 22.4 Å². The minimum Gasteiger partial charge on any atom is -0.378 e. The molecule has 2 nitrogen and oxygen atoms in total. The Hall–Kier alpha value is -1.15. The number of carbonyl (C=O) groups is 1. The highest BCUT2D eigenvalue weighted by molar-refractivity contribution is 5.85. The molecule has 0 aromatic heterocycles. The van der Waals surface area contributed by atoms with E-state index in [0.717, 1.165) is 25.9 Å². The smallest absolute Gasteiger partial charge is 0.142 e. The quantitative estimate of drug-likeness (QED) is 0.779. The van der Waals surface area contributed by atoms with E-state index in [4.69, 9.17) is 4.74 Å². The second-order valence-electron chi connectivity index (χ2n) is 5.25. The average molecular weight is 230 g/mol. The van der Waals surface area contributed by atoms with Crippen LogP contribution in [0.1, 0.15) is 24.5 Å². The second-order valence-corrected chi connectivity index (χ2v) is 5.25. The van der Waals surface area contributed by atoms with Gasteiger partial charge in [-0.25, -0.2) is 0 Å². The van der Waals surface area contributed by atoms with Crippen molar-refractivity contribution in [2.75, 3.05) is 6.61 Å². The molecule has 2 atom stereocenters. The first kappa shape index (κ1) is 11.0. The molecule has 2 unspecified atom stereocenters. The van der Waals surface area contributed by atoms with E-state index in [1.54, 1.807) is 0 Å². The third-order valence-electron chi connectivity index (χ3n) is 4.20. The van der Waals surface area contributed by atoms with E-state index in [1.807, 2.05) is 6.92 Å². The summed E-state index contributed by atoms with van der Waals surface area (Å²) in [6.45, 7) is 2.77. The van der Waals surface area contributed by atoms with Crippen molar-refractivity contribution in [3.05, 3.63) is 35.4 Å². The van der Waals surface area contributed by atoms with Gasteiger partial charge in [0.25, 0.3) is 0 Å². The molecule has 1 aromatic rings. The van der Waals surface area contributed by atoms with Gasteiger partial charge in [-0.15, -0.1) is 0 Å². The van der Waals surface area contributed by atoms with Gasteiger partial charge >= 0.3 is 0 Å². The SMILES string of the molecule is CC1OCCC1C(=O)C1Cc2ccccc2C1. The molecule has 0 bridgehead atoms. The fourth-order valence-corrected chi connectivity index (χ4v) is 3.17. The van der Waals surface area contributed by atoms with Crippen LogP contribution in [0.2, 0.25) is 0 Å². The maximum atomic E-state index is 12.4. The van der Waals surface area contributed by atoms with Crippen molar-refractivity contribution in [1.29, 1.82) is 0 Å². The normalized spacial score (nSPS) is 28.3. The molecule has 2 heteroatoms. The summed E-state index contributed by atoms with van der Waals surface area (Å²) in [4.78, 5) is 12.4. The van der Waals surface area contributed by atoms with Gasteiger partial charge in [-0.05, 0) is 37.3 Å². The van der Waals surface area contributed by atoms with Crippen molar-refractivity contribution in [1.82, 2.24) is 0 Å². The Morgan fingerprint density at radius 3 is 2.41 bits per heavy atom. The van der Waals surface area contributed by atoms with Gasteiger partial charge in [-0.1, -0.05) is 24.3 Å². The van der Waals surface area contributed by atoms with Crippen molar-refractivity contribution in [3.63, 3.8) is 0 Å². The maximum Gasteiger partial charge on any atom is 0.142 e. The zero-order chi connectivity index (χ0) is 11.8. The summed E-state index contributed by atoms with van der Waals surface area (Å²) in [6, 6.07) is 8.42. The summed E-state index contributed by atoms with van der Waals surface area (Å²) in [7, 11) is 0. The van der Waals surface area contributed by atoms with Crippen molar-refractivity contribution >= 4 is 5.78 Å². The number of ketones is 1. The summed E-state index contributed by atoms with van der Waals surface area (Å²) in [5, 5.41) is 0. The molecule has 0 amide bonds. The highest BCUT2D eigenvalue weighted by Gasteiger charge is 2.37. The minimum atomic E-state index is 0.117. The van der Waals surface area contributed by atoms with Gasteiger partial charge in [0.15, 0.2) is 0 Å². The zero-order valence-electron chi connectivity index (χ0n) is 10.2. The van der Waals surface area contributed by atoms with Gasteiger partial charge in [0.05, 0.1) is 6.10 Å². The maximum absolute atomic E-state index is 12.4. The van der Waals surface area contributed by atoms with Gasteiger partial charge in [0.2, 0.25) is 0 Å². The number of hydrogen-bond acceptors (Lipinski definition) is 2. The van der Waals surface area contributed by atoms with Crippen LogP contribution in [-0.4, -0.2) is 18.5 Å². The first-order valence-electron chi connectivity index (χ1n) is 6.48. The van der Waals surface area contributed by atoms with Crippen LogP contribution in [0.5, 0.6) is 0 Å². The van der Waals surface area contributed by atoms with Crippen molar-refractivity contribution in [2.45, 2.75) is 32.3 Å². The molecule has 90 valence electrons. The summed E-state index contributed by atoms with van der Waals surface area (Å²) in [5.41, 5.74) is 2.72. The fourth-order valence-electron chi connectivity index (χ4n) is 3.17. The molecule has 3 rings (SSSR count). The molecule has 0 spiro atoms. The van der Waals surface area contributed by atoms with E-state index >= 15 is 0 Å². The lowest BCUT2D eigenvalue weighted by atomic mass is 9.87. The monoisotopic (exact) mass is 230 g/mol. The Labute approximate surface area is 102 Å². The van der Waals surface area contributed by atoms with E-state index in [1.165, 1.54) is 11.1 Å². The summed E-state index contributed by atoms with van der Waals surface area (Å²) < 4.78 is 5.50. The number of fused-ring (bicyclic) bond motifs is 1. The first-order chi connectivity index (χ1) is 8.25. The highest BCUT2D eigenvalue weighted by Crippen LogP contribution is 2.32. The molecule has 1 aliphatic heterocycles. The molecule has 0 N–H and O–H groups in total. The summed E-state index contributed by atoms with van der Waals surface area (Å²) in [6.07, 6.45) is 2.88. The van der Waals surface area contributed by atoms with Gasteiger partial charge in [0, 0.05) is 18.4 Å². The van der Waals surface area contributed by atoms with Gasteiger partial charge in [-0.3, -0.25) is 4.79 Å². The molecule has 1 aromatic carbocycles. The molecule has 1 saturated heterocycles. The standard InChI is InChI=1S/C15H18O2/c1-10-14(6-7-17-10)15(16)13-8-11-4-2-3-5-12(11)9-13/h2-5,10,13-14H,6-9H2,1H3. The van der Waals surface area contributed by atoms with Crippen molar-refractivity contribution in [2.24, 2.45) is 11.8 Å². The third-order valence-corrected chi connectivity index (χ3v) is 4.20. The average Bonchev–Trinajstić information content (AvgIpc) is 2.93. The number of rotatable bonds is 2. The number of benzene rings is 1. The van der Waals surface area contributed by atoms with Crippen LogP contribution < -0.4 is 0 Å². The molecule has 0 radical (unpaired) electrons. The van der Waals surface area contributed by atoms with E-state index in [0.29, 0.717) is 5.78 Å². The van der Waals surface area contributed by atoms with E-state index < -0.39 is 0 Å². The van der Waals surface area contributed by atoms with Gasteiger partial charge < -0.3 is 4.74 Å². The lowest BCUT2D eigenvalue weighted by Crippen LogP contribution is -2.28. The fraction of sp³-hybridized carbons (Fsp3) is 0.533. The predicted octanol–water partition coefficient (Wildman–Crippen LogP) is 2.40. The second kappa shape index (κ2) is 4.26. The van der Waals surface area contributed by atoms with E-state index in [-0.39, 0.29) is 17.9 Å². The number of hydrogen-bond donors (Lipinski definition) is 0. The lowest BCUT2D eigenvalue weighted by molar-refractivity contribution is -0.127. The molecule has 2 aliphatic rings. The highest BCUT2D eigenvalue weighted by atomic mass is 16.5. The predicted molar refractivity (Wildman–Crippen MR) is 65.9 cm³/mol. The molecule has 1 aliphatic carbocycles. The molecule has 1 heterocycles. The van der Waals surface area contributed by atoms with Gasteiger partial charge in [0.1, 0.15) is 5.78 Å². The first-order valence-corrected chi connectivity index (χ1v) is 6.48. The third kappa shape index (κ3) is 1.91. The number of ether oxygens (including phenoxy) is 1. The topological polar surface area (TPSA) is 26.3 Å². The van der Waals surface area contributed by atoms with Crippen molar-refractivity contribution in [3.8, 4) is 0 Å². The molecular formula is C15H18O2. The molecule has 1 fully saturated rings. The number of Topliss-reactive ketones (excluding diaryl/α,β-unsaturated/α-hetero) is 1. The largest absolute Gasteiger partial charge is 0.378 e. The van der Waals surface area contributed by atoms with E-state index in [2.05, 4.69) is 24.3 Å². The Bertz CT molecular complexity index is 413. The van der Waals surface area contributed by atoms with Gasteiger partial charge in [-0.2, -0.15) is 0 Å². The zero-order valence-corrected chi connectivity index (χ0v) is 10.2. The van der Waals surface area contributed by atoms with E-state index in [9.17, 15) is 4.79 Å². The molecular weight excluding hydrogens is 212 g/mol. The molecule has 0 saturated carbocycles. The summed E-state index contributed by atoms with van der Waals surface area (Å²) in [5.74, 6) is 0.752. The Morgan fingerprint density at radius 1 is 1.24 bits per heavy atom. The van der Waals surface area contributed by atoms with Crippen LogP contribution in [0.25, 0.3) is 0 Å². The summed E-state index contributed by atoms with van der Waals surface area (Å²) >= 11 is 0. The Kier molecular flexibility index (Phi) is 2.75. The van der Waals surface area contributed by atoms with Crippen LogP contribution >= 0.6 is 0 Å². The molecule has 17 heavy (non-hydrogen) atoms. The van der Waals surface area contributed by atoms with Crippen LogP contribution in [0, 0.1) is 11.8 Å². The Balaban J connectivity index is 1.74. The number of carbonyl (C=O) groups excluding carboxylic acids is 1. The lowest BCUT2D eigenvalue weighted by Gasteiger charge is -2.16.